The lowest BCUT2D eigenvalue weighted by atomic mass is 9.87. The third kappa shape index (κ3) is 2.38. The maximum Gasteiger partial charge on any atom is 0.337 e. The van der Waals surface area contributed by atoms with Crippen LogP contribution in [0, 0.1) is 11.8 Å². The van der Waals surface area contributed by atoms with Gasteiger partial charge in [0.2, 0.25) is 10.0 Å². The Labute approximate surface area is 155 Å². The Morgan fingerprint density at radius 2 is 1.77 bits per heavy atom. The molecule has 1 aromatic carbocycles. The summed E-state index contributed by atoms with van der Waals surface area (Å²) in [6.45, 7) is 6.00. The zero-order valence-electron chi connectivity index (χ0n) is 15.9. The summed E-state index contributed by atoms with van der Waals surface area (Å²) in [6, 6.07) is 5.80. The molecule has 4 atom stereocenters. The first-order valence-corrected chi connectivity index (χ1v) is 10.8. The minimum atomic E-state index is -3.31. The number of nitrogens with zero attached hydrogens (tertiary/aromatic N) is 1. The molecule has 1 aromatic rings. The normalized spacial score (nSPS) is 32.8. The molecular formula is C20H27NO4S. The van der Waals surface area contributed by atoms with Crippen molar-refractivity contribution in [1.82, 2.24) is 4.31 Å². The van der Waals surface area contributed by atoms with Crippen LogP contribution >= 0.6 is 0 Å². The van der Waals surface area contributed by atoms with Crippen molar-refractivity contribution in [1.29, 1.82) is 0 Å². The van der Waals surface area contributed by atoms with Crippen molar-refractivity contribution >= 4 is 16.0 Å². The van der Waals surface area contributed by atoms with Crippen LogP contribution in [0.3, 0.4) is 0 Å². The number of benzene rings is 1. The lowest BCUT2D eigenvalue weighted by Gasteiger charge is -2.27. The van der Waals surface area contributed by atoms with Crippen molar-refractivity contribution in [3.05, 3.63) is 34.9 Å². The predicted molar refractivity (Wildman–Crippen MR) is 99.5 cm³/mol. The van der Waals surface area contributed by atoms with E-state index in [4.69, 9.17) is 4.74 Å². The summed E-state index contributed by atoms with van der Waals surface area (Å²) in [6.07, 6.45) is 3.87. The van der Waals surface area contributed by atoms with Crippen LogP contribution in [0.4, 0.5) is 0 Å². The van der Waals surface area contributed by atoms with E-state index in [1.807, 2.05) is 18.2 Å². The van der Waals surface area contributed by atoms with E-state index in [9.17, 15) is 13.2 Å². The molecule has 1 heterocycles. The summed E-state index contributed by atoms with van der Waals surface area (Å²) in [5.41, 5.74) is 2.80. The first-order chi connectivity index (χ1) is 12.1. The van der Waals surface area contributed by atoms with Gasteiger partial charge in [-0.2, -0.15) is 4.31 Å². The van der Waals surface area contributed by atoms with E-state index in [1.165, 1.54) is 18.2 Å². The van der Waals surface area contributed by atoms with Crippen LogP contribution in [-0.4, -0.2) is 42.6 Å². The molecule has 3 aliphatic rings. The number of hydrogen-bond acceptors (Lipinski definition) is 4. The molecule has 2 bridgehead atoms. The second kappa shape index (κ2) is 5.55. The van der Waals surface area contributed by atoms with Gasteiger partial charge in [0.05, 0.1) is 23.0 Å². The Bertz CT molecular complexity index is 870. The van der Waals surface area contributed by atoms with Gasteiger partial charge in [-0.25, -0.2) is 13.2 Å². The van der Waals surface area contributed by atoms with Crippen LogP contribution in [0.1, 0.15) is 55.1 Å². The van der Waals surface area contributed by atoms with Gasteiger partial charge in [0, 0.05) is 6.54 Å². The number of sulfonamides is 1. The van der Waals surface area contributed by atoms with Crippen LogP contribution in [0.2, 0.25) is 0 Å². The third-order valence-corrected chi connectivity index (χ3v) is 9.26. The Morgan fingerprint density at radius 3 is 2.35 bits per heavy atom. The molecule has 1 aliphatic heterocycles. The lowest BCUT2D eigenvalue weighted by molar-refractivity contribution is 0.0600. The summed E-state index contributed by atoms with van der Waals surface area (Å²) in [4.78, 5) is 11.9. The van der Waals surface area contributed by atoms with Crippen molar-refractivity contribution in [2.45, 2.75) is 56.7 Å². The highest BCUT2D eigenvalue weighted by atomic mass is 32.2. The van der Waals surface area contributed by atoms with Gasteiger partial charge < -0.3 is 4.74 Å². The maximum atomic E-state index is 13.0. The van der Waals surface area contributed by atoms with Gasteiger partial charge in [0.15, 0.2) is 0 Å². The molecular weight excluding hydrogens is 350 g/mol. The van der Waals surface area contributed by atoms with E-state index in [1.54, 1.807) is 25.1 Å². The molecule has 1 saturated heterocycles. The summed E-state index contributed by atoms with van der Waals surface area (Å²) >= 11 is 0. The number of carbonyl (C=O) groups is 1. The number of hydrogen-bond donors (Lipinski definition) is 0. The molecule has 6 heteroatoms. The molecule has 1 saturated carbocycles. The molecule has 2 aliphatic carbocycles. The Hall–Kier alpha value is -1.40. The fourth-order valence-electron chi connectivity index (χ4n) is 5.08. The summed E-state index contributed by atoms with van der Waals surface area (Å²) in [7, 11) is -1.91. The predicted octanol–water partition coefficient (Wildman–Crippen LogP) is 2.78. The molecule has 26 heavy (non-hydrogen) atoms. The van der Waals surface area contributed by atoms with Gasteiger partial charge in [0.25, 0.3) is 0 Å². The molecule has 1 unspecified atom stereocenters. The number of fused-ring (bicyclic) bond motifs is 1. The Morgan fingerprint density at radius 1 is 1.15 bits per heavy atom. The second-order valence-electron chi connectivity index (χ2n) is 8.97. The van der Waals surface area contributed by atoms with Gasteiger partial charge in [-0.05, 0) is 81.5 Å². The molecule has 5 nitrogen and oxygen atoms in total. The maximum absolute atomic E-state index is 13.0. The van der Waals surface area contributed by atoms with E-state index in [0.717, 1.165) is 25.7 Å². The molecule has 2 fully saturated rings. The van der Waals surface area contributed by atoms with E-state index < -0.39 is 14.8 Å². The third-order valence-electron chi connectivity index (χ3n) is 6.66. The monoisotopic (exact) mass is 377 g/mol. The largest absolute Gasteiger partial charge is 0.465 e. The molecule has 0 radical (unpaired) electrons. The van der Waals surface area contributed by atoms with Crippen molar-refractivity contribution in [2.75, 3.05) is 13.7 Å². The fourth-order valence-corrected chi connectivity index (χ4v) is 6.87. The smallest absolute Gasteiger partial charge is 0.337 e. The summed E-state index contributed by atoms with van der Waals surface area (Å²) in [5, 5.41) is 0. The zero-order chi connectivity index (χ0) is 18.9. The lowest BCUT2D eigenvalue weighted by Crippen LogP contribution is -2.40. The van der Waals surface area contributed by atoms with Gasteiger partial charge in [-0.15, -0.1) is 0 Å². The quantitative estimate of drug-likeness (QED) is 0.587. The number of ether oxygens (including phenoxy) is 1. The fraction of sp³-hybridized carbons (Fsp3) is 0.650. The van der Waals surface area contributed by atoms with Crippen LogP contribution in [0.5, 0.6) is 0 Å². The standard InChI is InChI=1S/C20H27NO4S/c1-19(2,3)26(23,24)21-12-20(21)16-7-8-17(20)11-15-9-14(18(22)25-4)6-5-13(15)10-16/h5-6,9,16-17H,7-8,10-12H2,1-4H3/t16-,17+,20-,21?/m1/s1. The van der Waals surface area contributed by atoms with Crippen molar-refractivity contribution in [3.8, 4) is 0 Å². The number of carbonyl (C=O) groups excluding carboxylic acids is 1. The Kier molecular flexibility index (Phi) is 3.84. The molecule has 4 rings (SSSR count). The Balaban J connectivity index is 1.69. The summed E-state index contributed by atoms with van der Waals surface area (Å²) < 4.78 is 31.9. The zero-order valence-corrected chi connectivity index (χ0v) is 16.7. The van der Waals surface area contributed by atoms with Crippen LogP contribution < -0.4 is 0 Å². The minimum absolute atomic E-state index is 0.212. The van der Waals surface area contributed by atoms with Crippen LogP contribution in [0.25, 0.3) is 0 Å². The van der Waals surface area contributed by atoms with Crippen LogP contribution in [-0.2, 0) is 27.6 Å². The average Bonchev–Trinajstić information content (AvgIpc) is 3.25. The van der Waals surface area contributed by atoms with Gasteiger partial charge in [0.1, 0.15) is 0 Å². The number of esters is 1. The number of rotatable bonds is 2. The molecule has 0 N–H and O–H groups in total. The minimum Gasteiger partial charge on any atom is -0.465 e. The first-order valence-electron chi connectivity index (χ1n) is 9.34. The van der Waals surface area contributed by atoms with E-state index in [-0.39, 0.29) is 11.5 Å². The number of methoxy groups -OCH3 is 1. The highest BCUT2D eigenvalue weighted by Crippen LogP contribution is 2.60. The molecule has 1 spiro atoms. The van der Waals surface area contributed by atoms with E-state index >= 15 is 0 Å². The topological polar surface area (TPSA) is 63.5 Å². The van der Waals surface area contributed by atoms with Crippen molar-refractivity contribution < 1.29 is 17.9 Å². The molecule has 142 valence electrons. The molecule has 0 aromatic heterocycles. The highest BCUT2D eigenvalue weighted by molar-refractivity contribution is 7.90. The van der Waals surface area contributed by atoms with Gasteiger partial charge >= 0.3 is 5.97 Å². The molecule has 0 amide bonds. The van der Waals surface area contributed by atoms with Crippen molar-refractivity contribution in [3.63, 3.8) is 0 Å². The van der Waals surface area contributed by atoms with Crippen LogP contribution in [0.15, 0.2) is 18.2 Å². The average molecular weight is 378 g/mol. The first kappa shape index (κ1) is 18.0. The van der Waals surface area contributed by atoms with Crippen molar-refractivity contribution in [2.24, 2.45) is 11.8 Å². The SMILES string of the molecule is COC(=O)c1ccc2c(c1)C[C@@H]1CC[C@H](C2)[C@]12CN2S(=O)(=O)C(C)(C)C. The van der Waals surface area contributed by atoms with Gasteiger partial charge in [-0.1, -0.05) is 6.07 Å². The second-order valence-corrected chi connectivity index (χ2v) is 11.6. The summed E-state index contributed by atoms with van der Waals surface area (Å²) in [5.74, 6) is 0.383. The van der Waals surface area contributed by atoms with E-state index in [2.05, 4.69) is 0 Å². The van der Waals surface area contributed by atoms with E-state index in [0.29, 0.717) is 23.9 Å². The highest BCUT2D eigenvalue weighted by Gasteiger charge is 2.70. The van der Waals surface area contributed by atoms with Gasteiger partial charge in [-0.3, -0.25) is 0 Å².